The Morgan fingerprint density at radius 3 is 1.59 bits per heavy atom. The standard InChI is InChI=1S/C25H36Cl3NO12/c1-10-11(2)22(38-17(8-34-13(4)30)19(10)36-15(6)32)40-20-12(3)21(37-16(7)33)23(41-24(29)25(26,27)28)39-18(20)9-35-14(5)31/h10-12,17-23,29H,8-9H2,1-7H3/t10-,11+,12+,17?,18?,19-,20+,21+,22?,23?/m1/s1. The van der Waals surface area contributed by atoms with Crippen LogP contribution in [0.1, 0.15) is 48.5 Å². The first-order valence-electron chi connectivity index (χ1n) is 12.8. The fourth-order valence-corrected chi connectivity index (χ4v) is 4.69. The van der Waals surface area contributed by atoms with Crippen LogP contribution in [0.2, 0.25) is 0 Å². The summed E-state index contributed by atoms with van der Waals surface area (Å²) in [6, 6.07) is 0. The predicted octanol–water partition coefficient (Wildman–Crippen LogP) is 3.08. The molecule has 234 valence electrons. The molecule has 41 heavy (non-hydrogen) atoms. The third-order valence-corrected chi connectivity index (χ3v) is 7.24. The second-order valence-electron chi connectivity index (χ2n) is 9.96. The number of carbonyl (C=O) groups excluding carboxylic acids is 4. The maximum absolute atomic E-state index is 12.0. The van der Waals surface area contributed by atoms with E-state index in [-0.39, 0.29) is 25.0 Å². The summed E-state index contributed by atoms with van der Waals surface area (Å²) in [6.45, 7) is 9.70. The molecule has 2 saturated heterocycles. The van der Waals surface area contributed by atoms with Crippen LogP contribution in [0.3, 0.4) is 0 Å². The average Bonchev–Trinajstić information content (AvgIpc) is 2.84. The quantitative estimate of drug-likeness (QED) is 0.128. The third kappa shape index (κ3) is 10.1. The molecule has 0 aromatic heterocycles. The number of alkyl halides is 3. The van der Waals surface area contributed by atoms with Gasteiger partial charge in [0.25, 0.3) is 3.79 Å². The van der Waals surface area contributed by atoms with Gasteiger partial charge < -0.3 is 37.9 Å². The fraction of sp³-hybridized carbons (Fsp3) is 0.800. The molecule has 1 N–H and O–H groups in total. The Balaban J connectivity index is 2.40. The maximum atomic E-state index is 12.0. The largest absolute Gasteiger partial charge is 0.463 e. The SMILES string of the molecule is CC(=O)OCC1OC(OC(=N)C(Cl)(Cl)Cl)[C@@H](OC(C)=O)[C@@H](C)[C@@H]1OC1OC(COC(C)=O)[C@H](OC(C)=O)[C@H](C)[C@@H]1C. The highest BCUT2D eigenvalue weighted by Gasteiger charge is 2.52. The van der Waals surface area contributed by atoms with Gasteiger partial charge in [-0.2, -0.15) is 0 Å². The minimum absolute atomic E-state index is 0.205. The molecule has 0 bridgehead atoms. The summed E-state index contributed by atoms with van der Waals surface area (Å²) in [6.07, 6.45) is -7.08. The number of carbonyl (C=O) groups is 4. The normalized spacial score (nSPS) is 33.7. The lowest BCUT2D eigenvalue weighted by Gasteiger charge is -2.48. The van der Waals surface area contributed by atoms with Gasteiger partial charge in [0.2, 0.25) is 12.2 Å². The van der Waals surface area contributed by atoms with Crippen molar-refractivity contribution in [2.75, 3.05) is 13.2 Å². The van der Waals surface area contributed by atoms with Gasteiger partial charge in [0.05, 0.1) is 6.10 Å². The topological polar surface area (TPSA) is 166 Å². The van der Waals surface area contributed by atoms with Crippen LogP contribution < -0.4 is 0 Å². The van der Waals surface area contributed by atoms with Gasteiger partial charge >= 0.3 is 23.9 Å². The van der Waals surface area contributed by atoms with E-state index in [1.807, 2.05) is 13.8 Å². The number of halogens is 3. The molecule has 13 nitrogen and oxygen atoms in total. The maximum Gasteiger partial charge on any atom is 0.303 e. The summed E-state index contributed by atoms with van der Waals surface area (Å²) in [7, 11) is 0. The lowest BCUT2D eigenvalue weighted by atomic mass is 9.84. The van der Waals surface area contributed by atoms with Crippen LogP contribution in [0.25, 0.3) is 0 Å². The molecule has 10 atom stereocenters. The number of hydrogen-bond donors (Lipinski definition) is 1. The minimum atomic E-state index is -2.23. The van der Waals surface area contributed by atoms with Gasteiger partial charge in [0, 0.05) is 45.4 Å². The zero-order chi connectivity index (χ0) is 31.2. The average molecular weight is 649 g/mol. The first kappa shape index (κ1) is 35.3. The third-order valence-electron chi connectivity index (χ3n) is 6.72. The summed E-state index contributed by atoms with van der Waals surface area (Å²) in [5.74, 6) is -4.53. The van der Waals surface area contributed by atoms with Crippen molar-refractivity contribution in [3.8, 4) is 0 Å². The van der Waals surface area contributed by atoms with Crippen LogP contribution in [0, 0.1) is 23.2 Å². The molecule has 0 aliphatic carbocycles. The van der Waals surface area contributed by atoms with Crippen LogP contribution in [-0.4, -0.2) is 89.9 Å². The van der Waals surface area contributed by atoms with E-state index in [0.29, 0.717) is 0 Å². The molecule has 0 radical (unpaired) electrons. The predicted molar refractivity (Wildman–Crippen MR) is 143 cm³/mol. The van der Waals surface area contributed by atoms with E-state index in [4.69, 9.17) is 78.1 Å². The number of hydrogen-bond acceptors (Lipinski definition) is 13. The van der Waals surface area contributed by atoms with Gasteiger partial charge in [-0.1, -0.05) is 55.6 Å². The smallest absolute Gasteiger partial charge is 0.303 e. The highest BCUT2D eigenvalue weighted by molar-refractivity contribution is 6.76. The van der Waals surface area contributed by atoms with Crippen LogP contribution in [0.15, 0.2) is 0 Å². The number of esters is 4. The second kappa shape index (κ2) is 15.0. The van der Waals surface area contributed by atoms with Crippen molar-refractivity contribution in [2.24, 2.45) is 17.8 Å². The van der Waals surface area contributed by atoms with E-state index in [1.54, 1.807) is 6.92 Å². The Morgan fingerprint density at radius 1 is 0.659 bits per heavy atom. The number of nitrogens with one attached hydrogen (secondary N) is 1. The van der Waals surface area contributed by atoms with Crippen molar-refractivity contribution < 1.29 is 57.1 Å². The van der Waals surface area contributed by atoms with Crippen molar-refractivity contribution in [1.29, 1.82) is 5.41 Å². The van der Waals surface area contributed by atoms with E-state index in [0.717, 1.165) is 0 Å². The molecule has 2 heterocycles. The zero-order valence-electron chi connectivity index (χ0n) is 23.7. The van der Waals surface area contributed by atoms with Crippen LogP contribution in [0.4, 0.5) is 0 Å². The molecule has 2 aliphatic heterocycles. The molecule has 2 fully saturated rings. The Morgan fingerprint density at radius 2 is 1.12 bits per heavy atom. The Bertz CT molecular complexity index is 974. The Labute approximate surface area is 253 Å². The number of rotatable bonds is 9. The molecule has 2 rings (SSSR count). The summed E-state index contributed by atoms with van der Waals surface area (Å²) in [5, 5.41) is 7.97. The van der Waals surface area contributed by atoms with E-state index in [1.165, 1.54) is 27.7 Å². The minimum Gasteiger partial charge on any atom is -0.463 e. The van der Waals surface area contributed by atoms with Crippen LogP contribution >= 0.6 is 34.8 Å². The zero-order valence-corrected chi connectivity index (χ0v) is 26.0. The van der Waals surface area contributed by atoms with E-state index in [2.05, 4.69) is 0 Å². The van der Waals surface area contributed by atoms with E-state index in [9.17, 15) is 19.2 Å². The van der Waals surface area contributed by atoms with Crippen molar-refractivity contribution in [1.82, 2.24) is 0 Å². The molecule has 0 spiro atoms. The molecular weight excluding hydrogens is 613 g/mol. The van der Waals surface area contributed by atoms with Crippen molar-refractivity contribution in [3.05, 3.63) is 0 Å². The highest BCUT2D eigenvalue weighted by Crippen LogP contribution is 2.39. The first-order valence-corrected chi connectivity index (χ1v) is 14.0. The molecule has 0 saturated carbocycles. The molecule has 0 amide bonds. The lowest BCUT2D eigenvalue weighted by molar-refractivity contribution is -0.333. The number of ether oxygens (including phenoxy) is 8. The van der Waals surface area contributed by atoms with Gasteiger partial charge in [-0.25, -0.2) is 0 Å². The van der Waals surface area contributed by atoms with Crippen molar-refractivity contribution in [2.45, 2.75) is 95.4 Å². The van der Waals surface area contributed by atoms with Crippen LogP contribution in [0.5, 0.6) is 0 Å². The van der Waals surface area contributed by atoms with Gasteiger partial charge in [0.15, 0.2) is 12.4 Å². The molecule has 2 aliphatic rings. The van der Waals surface area contributed by atoms with E-state index >= 15 is 0 Å². The van der Waals surface area contributed by atoms with Crippen molar-refractivity contribution in [3.63, 3.8) is 0 Å². The first-order chi connectivity index (χ1) is 18.9. The summed E-state index contributed by atoms with van der Waals surface area (Å²) >= 11 is 17.3. The van der Waals surface area contributed by atoms with Crippen LogP contribution in [-0.2, 0) is 57.1 Å². The Hall–Kier alpha value is -1.90. The molecule has 16 heteroatoms. The fourth-order valence-electron chi connectivity index (χ4n) is 4.56. The van der Waals surface area contributed by atoms with E-state index < -0.39 is 82.6 Å². The Kier molecular flexibility index (Phi) is 12.9. The summed E-state index contributed by atoms with van der Waals surface area (Å²) in [4.78, 5) is 46.9. The highest BCUT2D eigenvalue weighted by atomic mass is 35.6. The monoisotopic (exact) mass is 647 g/mol. The van der Waals surface area contributed by atoms with Gasteiger partial charge in [-0.15, -0.1) is 0 Å². The van der Waals surface area contributed by atoms with Gasteiger partial charge in [-0.3, -0.25) is 24.6 Å². The molecule has 4 unspecified atom stereocenters. The molecular formula is C25H36Cl3NO12. The summed E-state index contributed by atoms with van der Waals surface area (Å²) < 4.78 is 43.0. The molecule has 0 aromatic rings. The van der Waals surface area contributed by atoms with Gasteiger partial charge in [0.1, 0.15) is 31.5 Å². The molecule has 0 aromatic carbocycles. The summed E-state index contributed by atoms with van der Waals surface area (Å²) in [5.41, 5.74) is 0. The lowest BCUT2D eigenvalue weighted by Crippen LogP contribution is -2.61. The van der Waals surface area contributed by atoms with Crippen molar-refractivity contribution >= 4 is 64.6 Å². The van der Waals surface area contributed by atoms with Gasteiger partial charge in [-0.05, 0) is 0 Å². The second-order valence-corrected chi connectivity index (χ2v) is 12.2.